The molecule has 353 valence electrons. The SMILES string of the molecule is [2H]C([2H])([2H])c1c[c-]c(-c2nc3ccc4ccccc4c3n2-c2c(C(C)C)cc(-c3ccccc3)cc2C(C)C)c2oc3nc4c(ccc5ccccc54)cc3c12.[2H]C([2H])([2H])c1c[c-]c(-c2nccc(C(C)(C)C)n2)cc1.[Ir]. The number of hydrogen-bond donors (Lipinski definition) is 0. The van der Waals surface area contributed by atoms with Crippen molar-refractivity contribution < 1.29 is 32.7 Å². The minimum absolute atomic E-state index is 0. The van der Waals surface area contributed by atoms with Crippen molar-refractivity contribution in [1.29, 1.82) is 0 Å². The van der Waals surface area contributed by atoms with Crippen molar-refractivity contribution in [3.8, 4) is 39.6 Å². The molecule has 0 aliphatic heterocycles. The summed E-state index contributed by atoms with van der Waals surface area (Å²) in [6.45, 7) is 10.7. The number of fused-ring (bicyclic) bond motifs is 9. The van der Waals surface area contributed by atoms with Gasteiger partial charge in [-0.15, -0.1) is 53.1 Å². The van der Waals surface area contributed by atoms with Crippen molar-refractivity contribution in [3.63, 3.8) is 0 Å². The van der Waals surface area contributed by atoms with Crippen LogP contribution in [0, 0.1) is 25.8 Å². The molecule has 0 spiro atoms. The number of aromatic nitrogens is 5. The van der Waals surface area contributed by atoms with Crippen LogP contribution in [-0.2, 0) is 25.5 Å². The summed E-state index contributed by atoms with van der Waals surface area (Å²) in [5.74, 6) is 1.51. The summed E-state index contributed by atoms with van der Waals surface area (Å²) < 4.78 is 57.0. The number of furan rings is 1. The number of hydrogen-bond acceptors (Lipinski definition) is 5. The smallest absolute Gasteiger partial charge is 0.216 e. The molecule has 0 aliphatic rings. The summed E-state index contributed by atoms with van der Waals surface area (Å²) in [4.78, 5) is 19.3. The summed E-state index contributed by atoms with van der Waals surface area (Å²) >= 11 is 0. The van der Waals surface area contributed by atoms with Gasteiger partial charge >= 0.3 is 0 Å². The van der Waals surface area contributed by atoms with Gasteiger partial charge in [0, 0.05) is 72.9 Å². The first-order chi connectivity index (χ1) is 36.2. The maximum absolute atomic E-state index is 8.64. The van der Waals surface area contributed by atoms with E-state index in [2.05, 4.69) is 166 Å². The van der Waals surface area contributed by atoms with Gasteiger partial charge in [0.25, 0.3) is 0 Å². The largest absolute Gasteiger partial charge is 0.486 e. The van der Waals surface area contributed by atoms with E-state index in [1.165, 1.54) is 17.2 Å². The third-order valence-corrected chi connectivity index (χ3v) is 13.2. The van der Waals surface area contributed by atoms with Gasteiger partial charge in [-0.05, 0) is 75.2 Å². The molecule has 0 aliphatic carbocycles. The topological polar surface area (TPSA) is 69.6 Å². The van der Waals surface area contributed by atoms with Crippen LogP contribution in [0.3, 0.4) is 0 Å². The van der Waals surface area contributed by atoms with Crippen molar-refractivity contribution in [2.75, 3.05) is 0 Å². The molecule has 0 N–H and O–H groups in total. The molecule has 0 unspecified atom stereocenters. The third-order valence-electron chi connectivity index (χ3n) is 13.2. The Morgan fingerprint density at radius 2 is 1.32 bits per heavy atom. The Bertz CT molecular complexity index is 4160. The predicted octanol–water partition coefficient (Wildman–Crippen LogP) is 17.0. The van der Waals surface area contributed by atoms with Crippen molar-refractivity contribution in [3.05, 3.63) is 198 Å². The molecule has 71 heavy (non-hydrogen) atoms. The molecular weight excluding hydrogens is 1050 g/mol. The maximum Gasteiger partial charge on any atom is 0.216 e. The van der Waals surface area contributed by atoms with Crippen LogP contribution in [0.25, 0.3) is 105 Å². The van der Waals surface area contributed by atoms with Crippen LogP contribution in [0.15, 0.2) is 162 Å². The third kappa shape index (κ3) is 8.62. The molecule has 0 saturated carbocycles. The van der Waals surface area contributed by atoms with Crippen molar-refractivity contribution >= 4 is 65.6 Å². The Hall–Kier alpha value is -7.31. The molecule has 12 aromatic rings. The summed E-state index contributed by atoms with van der Waals surface area (Å²) in [5, 5.41) is 6.31. The van der Waals surface area contributed by atoms with E-state index in [1.54, 1.807) is 24.4 Å². The fourth-order valence-corrected chi connectivity index (χ4v) is 9.62. The zero-order chi connectivity index (χ0) is 53.4. The van der Waals surface area contributed by atoms with Gasteiger partial charge in [0.15, 0.2) is 0 Å². The maximum atomic E-state index is 8.64. The van der Waals surface area contributed by atoms with Crippen molar-refractivity contribution in [1.82, 2.24) is 24.5 Å². The van der Waals surface area contributed by atoms with Gasteiger partial charge in [-0.3, -0.25) is 15.0 Å². The minimum atomic E-state index is -2.43. The van der Waals surface area contributed by atoms with E-state index in [9.17, 15) is 0 Å². The molecule has 7 heteroatoms. The first kappa shape index (κ1) is 40.4. The Morgan fingerprint density at radius 3 is 2.01 bits per heavy atom. The fraction of sp³-hybridized carbons (Fsp3) is 0.188. The second-order valence-corrected chi connectivity index (χ2v) is 19.7. The van der Waals surface area contributed by atoms with E-state index in [1.807, 2.05) is 36.4 Å². The number of benzene rings is 8. The first-order valence-corrected chi connectivity index (χ1v) is 23.8. The molecule has 4 heterocycles. The van der Waals surface area contributed by atoms with Gasteiger partial charge in [0.2, 0.25) is 5.71 Å². The van der Waals surface area contributed by atoms with E-state index in [-0.39, 0.29) is 48.5 Å². The Morgan fingerprint density at radius 1 is 0.634 bits per heavy atom. The average Bonchev–Trinajstić information content (AvgIpc) is 4.18. The second kappa shape index (κ2) is 18.8. The van der Waals surface area contributed by atoms with E-state index in [0.717, 1.165) is 66.0 Å². The van der Waals surface area contributed by atoms with Gasteiger partial charge < -0.3 is 8.98 Å². The van der Waals surface area contributed by atoms with Gasteiger partial charge in [0.1, 0.15) is 0 Å². The molecule has 1 radical (unpaired) electrons. The predicted molar refractivity (Wildman–Crippen MR) is 291 cm³/mol. The molecule has 8 aromatic carbocycles. The summed E-state index contributed by atoms with van der Waals surface area (Å²) in [7, 11) is 0. The molecule has 12 rings (SSSR count). The zero-order valence-electron chi connectivity index (χ0n) is 46.6. The summed E-state index contributed by atoms with van der Waals surface area (Å²) in [6.07, 6.45) is 1.72. The van der Waals surface area contributed by atoms with Crippen molar-refractivity contribution in [2.45, 2.75) is 79.4 Å². The van der Waals surface area contributed by atoms with Crippen LogP contribution in [-0.4, -0.2) is 24.5 Å². The Balaban J connectivity index is 0.000000271. The number of rotatable bonds is 6. The monoisotopic (exact) mass is 1110 g/mol. The van der Waals surface area contributed by atoms with Crippen LogP contribution >= 0.6 is 0 Å². The fourth-order valence-electron chi connectivity index (χ4n) is 9.62. The Kier molecular flexibility index (Phi) is 10.7. The van der Waals surface area contributed by atoms with Crippen LogP contribution in [0.5, 0.6) is 0 Å². The zero-order valence-corrected chi connectivity index (χ0v) is 43.0. The van der Waals surface area contributed by atoms with E-state index in [0.29, 0.717) is 44.8 Å². The number of pyridine rings is 1. The molecule has 4 aromatic heterocycles. The number of imidazole rings is 1. The summed E-state index contributed by atoms with van der Waals surface area (Å²) in [5.41, 5.74) is 11.7. The molecule has 0 atom stereocenters. The van der Waals surface area contributed by atoms with Crippen LogP contribution in [0.4, 0.5) is 0 Å². The normalized spacial score (nSPS) is 13.5. The number of aryl methyl sites for hydroxylation is 2. The van der Waals surface area contributed by atoms with Crippen molar-refractivity contribution in [2.24, 2.45) is 0 Å². The quantitative estimate of drug-likeness (QED) is 0.123. The van der Waals surface area contributed by atoms with Gasteiger partial charge in [-0.25, -0.2) is 4.98 Å². The van der Waals surface area contributed by atoms with Gasteiger partial charge in [0.05, 0.1) is 33.8 Å². The second-order valence-electron chi connectivity index (χ2n) is 19.7. The van der Waals surface area contributed by atoms with Gasteiger partial charge in [-0.1, -0.05) is 170 Å². The van der Waals surface area contributed by atoms with Crippen LogP contribution in [0.2, 0.25) is 0 Å². The Labute approximate surface area is 437 Å². The van der Waals surface area contributed by atoms with E-state index in [4.69, 9.17) is 22.6 Å². The van der Waals surface area contributed by atoms with Gasteiger partial charge in [-0.2, -0.15) is 0 Å². The van der Waals surface area contributed by atoms with E-state index < -0.39 is 13.7 Å². The molecule has 0 bridgehead atoms. The van der Waals surface area contributed by atoms with Crippen LogP contribution < -0.4 is 0 Å². The minimum Gasteiger partial charge on any atom is -0.486 e. The molecule has 0 fully saturated rings. The standard InChI is InChI=1S/C49H38N3O.C15H17N2.Ir/c1-28(2)39-26-35(31-13-7-6-8-14-31)27-40(29(3)4)45(39)52-46-37-18-12-10-16-33(37)22-24-42(46)50-48(52)38-23-19-30(5)43-41-25-34-21-20-32-15-9-11-17-36(32)44(34)51-49(41)53-47(38)43;1-11-5-7-12(8-6-11)14-16-10-9-13(17-14)15(2,3)4;/h6-22,24-29H,1-5H3;5-7,9-10H,1-4H3;/q2*-1;/i5D3;1D3;. The van der Waals surface area contributed by atoms with E-state index >= 15 is 0 Å². The molecule has 0 saturated heterocycles. The molecular formula is C64H55IrN5O-2. The van der Waals surface area contributed by atoms with Crippen LogP contribution in [0.1, 0.15) is 96.5 Å². The average molecular weight is 1110 g/mol. The first-order valence-electron chi connectivity index (χ1n) is 26.8. The molecule has 6 nitrogen and oxygen atoms in total. The molecule has 0 amide bonds. The number of nitrogens with zero attached hydrogens (tertiary/aromatic N) is 5. The summed E-state index contributed by atoms with van der Waals surface area (Å²) in [6, 6.07) is 56.7.